The Morgan fingerprint density at radius 2 is 1.88 bits per heavy atom. The Bertz CT molecular complexity index is 1260. The molecule has 7 nitrogen and oxygen atoms in total. The Labute approximate surface area is 148 Å². The fourth-order valence-electron chi connectivity index (χ4n) is 2.81. The summed E-state index contributed by atoms with van der Waals surface area (Å²) in [6, 6.07) is 13.2. The number of nitrogens with zero attached hydrogens (tertiary/aromatic N) is 2. The first-order chi connectivity index (χ1) is 12.4. The maximum Gasteiger partial charge on any atom is 0.254 e. The van der Waals surface area contributed by atoms with E-state index >= 15 is 0 Å². The van der Waals surface area contributed by atoms with Crippen molar-refractivity contribution in [2.75, 3.05) is 0 Å². The van der Waals surface area contributed by atoms with E-state index in [1.807, 2.05) is 24.3 Å². The van der Waals surface area contributed by atoms with E-state index in [2.05, 4.69) is 15.0 Å². The van der Waals surface area contributed by atoms with E-state index in [9.17, 15) is 13.5 Å². The van der Waals surface area contributed by atoms with Gasteiger partial charge in [-0.1, -0.05) is 12.1 Å². The molecule has 4 aromatic rings. The fourth-order valence-corrected chi connectivity index (χ4v) is 3.31. The van der Waals surface area contributed by atoms with Crippen molar-refractivity contribution in [2.24, 2.45) is 4.99 Å². The smallest absolute Gasteiger partial charge is 0.254 e. The molecule has 4 rings (SSSR count). The van der Waals surface area contributed by atoms with Gasteiger partial charge in [0.1, 0.15) is 0 Å². The van der Waals surface area contributed by atoms with Gasteiger partial charge in [0, 0.05) is 23.2 Å². The van der Waals surface area contributed by atoms with Crippen LogP contribution in [0, 0.1) is 0 Å². The first-order valence-electron chi connectivity index (χ1n) is 7.65. The van der Waals surface area contributed by atoms with Crippen LogP contribution in [0.2, 0.25) is 0 Å². The molecule has 2 aromatic carbocycles. The third kappa shape index (κ3) is 2.81. The van der Waals surface area contributed by atoms with Gasteiger partial charge < -0.3 is 10.1 Å². The lowest BCUT2D eigenvalue weighted by atomic mass is 10.1. The lowest BCUT2D eigenvalue weighted by molar-refractivity contribution is 0.457. The number of aromatic amines is 1. The number of aromatic hydroxyl groups is 1. The average Bonchev–Trinajstić information content (AvgIpc) is 2.95. The van der Waals surface area contributed by atoms with E-state index in [0.29, 0.717) is 11.3 Å². The van der Waals surface area contributed by atoms with Crippen LogP contribution in [0.25, 0.3) is 21.8 Å². The highest BCUT2D eigenvalue weighted by Crippen LogP contribution is 2.31. The van der Waals surface area contributed by atoms with Crippen LogP contribution in [0.3, 0.4) is 0 Å². The number of nitrogens with one attached hydrogen (secondary N) is 2. The van der Waals surface area contributed by atoms with Crippen molar-refractivity contribution in [1.29, 1.82) is 0 Å². The summed E-state index contributed by atoms with van der Waals surface area (Å²) < 4.78 is 22.4. The lowest BCUT2D eigenvalue weighted by Crippen LogP contribution is -1.99. The molecule has 8 heteroatoms. The summed E-state index contributed by atoms with van der Waals surface area (Å²) >= 11 is 0. The van der Waals surface area contributed by atoms with Crippen LogP contribution < -0.4 is 5.14 Å². The molecule has 0 aliphatic heterocycles. The van der Waals surface area contributed by atoms with Gasteiger partial charge in [0.05, 0.1) is 27.2 Å². The van der Waals surface area contributed by atoms with E-state index < -0.39 is 10.0 Å². The zero-order valence-electron chi connectivity index (χ0n) is 13.3. The monoisotopic (exact) mass is 365 g/mol. The van der Waals surface area contributed by atoms with Crippen molar-refractivity contribution in [3.05, 3.63) is 60.3 Å². The molecule has 2 heterocycles. The molecule has 0 aliphatic carbocycles. The highest BCUT2D eigenvalue weighted by Gasteiger charge is 2.13. The number of benzene rings is 2. The number of aliphatic imine (C=N–C) groups is 1. The van der Waals surface area contributed by atoms with Gasteiger partial charge in [0.15, 0.2) is 5.88 Å². The number of pyridine rings is 1. The zero-order valence-corrected chi connectivity index (χ0v) is 14.2. The van der Waals surface area contributed by atoms with Crippen LogP contribution in [-0.4, -0.2) is 29.7 Å². The van der Waals surface area contributed by atoms with Crippen LogP contribution >= 0.6 is 0 Å². The number of H-pyrrole nitrogens is 1. The summed E-state index contributed by atoms with van der Waals surface area (Å²) in [4.78, 5) is 11.5. The highest BCUT2D eigenvalue weighted by atomic mass is 32.2. The van der Waals surface area contributed by atoms with Gasteiger partial charge in [-0.2, -0.15) is 0 Å². The van der Waals surface area contributed by atoms with E-state index in [-0.39, 0.29) is 10.8 Å². The van der Waals surface area contributed by atoms with Gasteiger partial charge in [-0.15, -0.1) is 5.14 Å². The van der Waals surface area contributed by atoms with Crippen molar-refractivity contribution in [2.45, 2.75) is 4.90 Å². The Hall–Kier alpha value is -3.23. The fraction of sp³-hybridized carbons (Fsp3) is 0. The third-order valence-electron chi connectivity index (χ3n) is 4.04. The third-order valence-corrected chi connectivity index (χ3v) is 4.93. The first kappa shape index (κ1) is 16.2. The Morgan fingerprint density at radius 3 is 2.62 bits per heavy atom. The van der Waals surface area contributed by atoms with Crippen LogP contribution in [0.15, 0.2) is 64.6 Å². The van der Waals surface area contributed by atoms with Crippen molar-refractivity contribution >= 4 is 43.7 Å². The Kier molecular flexibility index (Phi) is 3.71. The molecule has 0 fully saturated rings. The predicted octanol–water partition coefficient (Wildman–Crippen LogP) is 3.14. The van der Waals surface area contributed by atoms with Gasteiger partial charge in [0.2, 0.25) is 0 Å². The number of fused-ring (bicyclic) bond motifs is 3. The van der Waals surface area contributed by atoms with Gasteiger partial charge in [-0.25, -0.2) is 8.42 Å². The van der Waals surface area contributed by atoms with Crippen molar-refractivity contribution in [3.8, 4) is 5.88 Å². The number of sulfonamides is 1. The summed E-state index contributed by atoms with van der Waals surface area (Å²) in [7, 11) is -3.99. The minimum absolute atomic E-state index is 0.0211. The van der Waals surface area contributed by atoms with Gasteiger partial charge in [0.25, 0.3) is 10.0 Å². The van der Waals surface area contributed by atoms with Crippen LogP contribution in [-0.2, 0) is 10.0 Å². The second kappa shape index (κ2) is 5.94. The average molecular weight is 365 g/mol. The molecular formula is C18H13N4O3S. The van der Waals surface area contributed by atoms with Crippen LogP contribution in [0.5, 0.6) is 5.88 Å². The highest BCUT2D eigenvalue weighted by molar-refractivity contribution is 7.88. The van der Waals surface area contributed by atoms with Gasteiger partial charge in [-0.05, 0) is 36.4 Å². The number of aromatic nitrogens is 2. The van der Waals surface area contributed by atoms with E-state index in [1.54, 1.807) is 6.20 Å². The second-order valence-electron chi connectivity index (χ2n) is 5.71. The molecule has 0 saturated heterocycles. The quantitative estimate of drug-likeness (QED) is 0.542. The maximum absolute atomic E-state index is 11.2. The predicted molar refractivity (Wildman–Crippen MR) is 99.2 cm³/mol. The molecule has 129 valence electrons. The molecule has 3 N–H and O–H groups in total. The zero-order chi connectivity index (χ0) is 18.3. The van der Waals surface area contributed by atoms with Gasteiger partial charge in [-0.3, -0.25) is 9.98 Å². The van der Waals surface area contributed by atoms with Crippen molar-refractivity contribution in [3.63, 3.8) is 0 Å². The van der Waals surface area contributed by atoms with Crippen LogP contribution in [0.1, 0.15) is 5.56 Å². The summed E-state index contributed by atoms with van der Waals surface area (Å²) in [5, 5.41) is 19.0. The SMILES string of the molecule is [NH]S(=O)(=O)c1ccc(N=Cc2c(O)[nH]c3ccc4cccnc4c23)cc1. The van der Waals surface area contributed by atoms with Crippen molar-refractivity contribution in [1.82, 2.24) is 15.1 Å². The largest absolute Gasteiger partial charge is 0.494 e. The molecule has 0 bridgehead atoms. The molecule has 1 radical (unpaired) electrons. The van der Waals surface area contributed by atoms with E-state index in [0.717, 1.165) is 21.8 Å². The number of hydrogen-bond acceptors (Lipinski definition) is 5. The first-order valence-corrected chi connectivity index (χ1v) is 9.14. The molecule has 0 spiro atoms. The standard InChI is InChI=1S/C18H13N4O3S/c19-26(24,25)13-6-4-12(5-7-13)21-10-14-16-15(22-18(14)23)8-3-11-2-1-9-20-17(11)16/h1-10,19,22-23H. The maximum atomic E-state index is 11.2. The van der Waals surface area contributed by atoms with Gasteiger partial charge >= 0.3 is 0 Å². The Morgan fingerprint density at radius 1 is 1.12 bits per heavy atom. The normalized spacial score (nSPS) is 12.3. The van der Waals surface area contributed by atoms with Crippen LogP contribution in [0.4, 0.5) is 5.69 Å². The molecule has 0 atom stereocenters. The Balaban J connectivity index is 1.81. The molecule has 2 aromatic heterocycles. The molecule has 0 unspecified atom stereocenters. The topological polar surface area (TPSA) is 119 Å². The molecule has 0 aliphatic rings. The molecule has 0 amide bonds. The summed E-state index contributed by atoms with van der Waals surface area (Å²) in [6.45, 7) is 0. The summed E-state index contributed by atoms with van der Waals surface area (Å²) in [5.41, 5.74) is 2.49. The van der Waals surface area contributed by atoms with Crippen molar-refractivity contribution < 1.29 is 13.5 Å². The van der Waals surface area contributed by atoms with E-state index in [4.69, 9.17) is 5.14 Å². The minimum atomic E-state index is -3.99. The molecular weight excluding hydrogens is 352 g/mol. The summed E-state index contributed by atoms with van der Waals surface area (Å²) in [5.74, 6) is -0.0211. The summed E-state index contributed by atoms with van der Waals surface area (Å²) in [6.07, 6.45) is 3.19. The number of hydrogen-bond donors (Lipinski definition) is 2. The molecule has 26 heavy (non-hydrogen) atoms. The second-order valence-corrected chi connectivity index (χ2v) is 7.18. The molecule has 0 saturated carbocycles. The lowest BCUT2D eigenvalue weighted by Gasteiger charge is -2.00. The minimum Gasteiger partial charge on any atom is -0.494 e. The number of rotatable bonds is 3. The van der Waals surface area contributed by atoms with E-state index in [1.165, 1.54) is 30.5 Å².